The van der Waals surface area contributed by atoms with Crippen LogP contribution in [0.5, 0.6) is 0 Å². The van der Waals surface area contributed by atoms with Crippen molar-refractivity contribution in [3.05, 3.63) is 228 Å². The molecule has 3 nitrogen and oxygen atoms in total. The summed E-state index contributed by atoms with van der Waals surface area (Å²) < 4.78 is 1.27. The maximum atomic E-state index is 5.35. The van der Waals surface area contributed by atoms with Crippen molar-refractivity contribution in [3.8, 4) is 78.4 Å². The van der Waals surface area contributed by atoms with Crippen molar-refractivity contribution < 1.29 is 0 Å². The Morgan fingerprint density at radius 3 is 1.43 bits per heavy atom. The number of thiophene rings is 1. The van der Waals surface area contributed by atoms with E-state index in [1.54, 1.807) is 0 Å². The van der Waals surface area contributed by atoms with Gasteiger partial charge in [-0.05, 0) is 56.6 Å². The fraction of sp³-hybridized carbons (Fsp3) is 0.0179. The van der Waals surface area contributed by atoms with E-state index in [1.165, 1.54) is 59.5 Å². The topological polar surface area (TPSA) is 38.1 Å². The molecule has 11 rings (SSSR count). The number of aliphatic imine (C=N–C) groups is 1. The molecule has 0 N–H and O–H groups in total. The van der Waals surface area contributed by atoms with E-state index >= 15 is 0 Å². The molecule has 3 heterocycles. The summed E-state index contributed by atoms with van der Waals surface area (Å²) in [6.07, 6.45) is 0. The van der Waals surface area contributed by atoms with Crippen LogP contribution in [-0.4, -0.2) is 15.7 Å². The molecule has 2 aromatic heterocycles. The minimum Gasteiger partial charge on any atom is -0.278 e. The van der Waals surface area contributed by atoms with E-state index in [9.17, 15) is 0 Å². The first-order chi connectivity index (χ1) is 29.7. The van der Waals surface area contributed by atoms with Crippen molar-refractivity contribution in [2.75, 3.05) is 0 Å². The van der Waals surface area contributed by atoms with Crippen molar-refractivity contribution in [3.63, 3.8) is 0 Å². The van der Waals surface area contributed by atoms with Gasteiger partial charge >= 0.3 is 0 Å². The molecule has 0 saturated heterocycles. The molecule has 8 aromatic carbocycles. The third-order valence-electron chi connectivity index (χ3n) is 11.5. The van der Waals surface area contributed by atoms with E-state index in [4.69, 9.17) is 15.0 Å². The monoisotopic (exact) mass is 783 g/mol. The fourth-order valence-electron chi connectivity index (χ4n) is 8.39. The zero-order valence-corrected chi connectivity index (χ0v) is 33.5. The predicted octanol–water partition coefficient (Wildman–Crippen LogP) is 14.7. The Hall–Kier alpha value is -7.53. The molecule has 10 aromatic rings. The van der Waals surface area contributed by atoms with Crippen LogP contribution in [0, 0.1) is 0 Å². The van der Waals surface area contributed by atoms with Crippen LogP contribution in [0.1, 0.15) is 16.0 Å². The number of benzene rings is 8. The zero-order valence-electron chi connectivity index (χ0n) is 32.7. The lowest BCUT2D eigenvalue weighted by Gasteiger charge is -2.14. The molecule has 60 heavy (non-hydrogen) atoms. The second kappa shape index (κ2) is 15.3. The van der Waals surface area contributed by atoms with Gasteiger partial charge in [-0.15, -0.1) is 11.3 Å². The van der Waals surface area contributed by atoms with E-state index in [2.05, 4.69) is 200 Å². The number of fused-ring (bicyclic) bond motifs is 5. The van der Waals surface area contributed by atoms with Crippen LogP contribution in [0.15, 0.2) is 217 Å². The molecule has 0 bridgehead atoms. The van der Waals surface area contributed by atoms with E-state index in [0.29, 0.717) is 12.4 Å². The van der Waals surface area contributed by atoms with Crippen LogP contribution >= 0.6 is 11.3 Å². The smallest absolute Gasteiger partial charge is 0.160 e. The number of aromatic nitrogens is 2. The van der Waals surface area contributed by atoms with E-state index in [-0.39, 0.29) is 0 Å². The second-order valence-corrected chi connectivity index (χ2v) is 16.1. The van der Waals surface area contributed by atoms with Gasteiger partial charge in [0.05, 0.1) is 28.5 Å². The third-order valence-corrected chi connectivity index (χ3v) is 12.6. The van der Waals surface area contributed by atoms with E-state index in [0.717, 1.165) is 44.9 Å². The Bertz CT molecular complexity index is 3070. The maximum absolute atomic E-state index is 5.35. The SMILES string of the molecule is c1ccc(C2=NCc3c(-c4ccc(-c5nc(-c6ccc(-c7ccccc7)cc6)cc(-c6ccc(-c7ccccc7)cc6)n5)cc4)cccc3-c3c2sc2ccccc32)cc1. The highest BCUT2D eigenvalue weighted by Gasteiger charge is 2.25. The highest BCUT2D eigenvalue weighted by Crippen LogP contribution is 2.45. The largest absolute Gasteiger partial charge is 0.278 e. The summed E-state index contributed by atoms with van der Waals surface area (Å²) in [4.78, 5) is 17.0. The molecule has 0 saturated carbocycles. The van der Waals surface area contributed by atoms with Crippen molar-refractivity contribution in [1.29, 1.82) is 0 Å². The molecule has 1 aliphatic heterocycles. The summed E-state index contributed by atoms with van der Waals surface area (Å²) in [5, 5.41) is 1.27. The molecule has 1 aliphatic rings. The molecule has 282 valence electrons. The molecule has 0 radical (unpaired) electrons. The molecule has 4 heteroatoms. The standard InChI is InChI=1S/C56H37N3S/c1-4-13-37(14-5-1)39-23-29-42(30-24-39)50-35-51(43-31-25-40(26-32-43)38-15-6-2-7-16-38)59-56(58-50)45-33-27-41(28-34-45)46-20-12-21-47-49(46)36-57-54(44-17-8-3-9-18-44)55-53(47)48-19-10-11-22-52(48)60-55/h1-35H,36H2. The summed E-state index contributed by atoms with van der Waals surface area (Å²) in [5.74, 6) is 0.687. The molecule has 0 spiro atoms. The van der Waals surface area contributed by atoms with Gasteiger partial charge in [-0.25, -0.2) is 9.97 Å². The molecular formula is C56H37N3S. The first kappa shape index (κ1) is 35.6. The number of rotatable bonds is 7. The van der Waals surface area contributed by atoms with Gasteiger partial charge in [0.15, 0.2) is 5.82 Å². The quantitative estimate of drug-likeness (QED) is 0.161. The molecule has 0 unspecified atom stereocenters. The summed E-state index contributed by atoms with van der Waals surface area (Å²) in [6, 6.07) is 75.2. The zero-order chi connectivity index (χ0) is 39.8. The van der Waals surface area contributed by atoms with Gasteiger partial charge in [-0.1, -0.05) is 200 Å². The van der Waals surface area contributed by atoms with Crippen LogP contribution < -0.4 is 0 Å². The number of hydrogen-bond donors (Lipinski definition) is 0. The van der Waals surface area contributed by atoms with Crippen LogP contribution in [0.4, 0.5) is 0 Å². The Kier molecular flexibility index (Phi) is 9.10. The van der Waals surface area contributed by atoms with Crippen LogP contribution in [0.3, 0.4) is 0 Å². The van der Waals surface area contributed by atoms with E-state index in [1.807, 2.05) is 23.5 Å². The minimum atomic E-state index is 0.591. The van der Waals surface area contributed by atoms with Crippen LogP contribution in [0.2, 0.25) is 0 Å². The van der Waals surface area contributed by atoms with Crippen molar-refractivity contribution >= 4 is 27.1 Å². The molecule has 0 atom stereocenters. The molecule has 0 fully saturated rings. The van der Waals surface area contributed by atoms with Crippen molar-refractivity contribution in [2.24, 2.45) is 4.99 Å². The minimum absolute atomic E-state index is 0.591. The number of nitrogens with zero attached hydrogens (tertiary/aromatic N) is 3. The normalized spacial score (nSPS) is 12.0. The van der Waals surface area contributed by atoms with Gasteiger partial charge in [0.1, 0.15) is 0 Å². The maximum Gasteiger partial charge on any atom is 0.160 e. The molecule has 0 aliphatic carbocycles. The summed E-state index contributed by atoms with van der Waals surface area (Å²) in [5.41, 5.74) is 17.8. The van der Waals surface area contributed by atoms with Crippen LogP contribution in [0.25, 0.3) is 88.5 Å². The predicted molar refractivity (Wildman–Crippen MR) is 251 cm³/mol. The van der Waals surface area contributed by atoms with Gasteiger partial charge in [-0.3, -0.25) is 4.99 Å². The third kappa shape index (κ3) is 6.63. The first-order valence-electron chi connectivity index (χ1n) is 20.3. The Morgan fingerprint density at radius 2 is 0.833 bits per heavy atom. The lowest BCUT2D eigenvalue weighted by molar-refractivity contribution is 1.08. The highest BCUT2D eigenvalue weighted by molar-refractivity contribution is 7.21. The van der Waals surface area contributed by atoms with Gasteiger partial charge in [0.25, 0.3) is 0 Å². The lowest BCUT2D eigenvalue weighted by atomic mass is 9.90. The van der Waals surface area contributed by atoms with Crippen LogP contribution in [-0.2, 0) is 6.54 Å². The van der Waals surface area contributed by atoms with Gasteiger partial charge in [0, 0.05) is 37.9 Å². The second-order valence-electron chi connectivity index (χ2n) is 15.1. The summed E-state index contributed by atoms with van der Waals surface area (Å²) in [7, 11) is 0. The Labute approximate surface area is 353 Å². The van der Waals surface area contributed by atoms with Crippen molar-refractivity contribution in [1.82, 2.24) is 9.97 Å². The molecular weight excluding hydrogens is 747 g/mol. The van der Waals surface area contributed by atoms with Crippen molar-refractivity contribution in [2.45, 2.75) is 6.54 Å². The lowest BCUT2D eigenvalue weighted by Crippen LogP contribution is -2.01. The number of hydrogen-bond acceptors (Lipinski definition) is 4. The Balaban J connectivity index is 0.991. The highest BCUT2D eigenvalue weighted by atomic mass is 32.1. The first-order valence-corrected chi connectivity index (χ1v) is 21.1. The molecule has 0 amide bonds. The van der Waals surface area contributed by atoms with Gasteiger partial charge in [0.2, 0.25) is 0 Å². The fourth-order valence-corrected chi connectivity index (χ4v) is 9.64. The Morgan fingerprint density at radius 1 is 0.367 bits per heavy atom. The summed E-state index contributed by atoms with van der Waals surface area (Å²) in [6.45, 7) is 0.591. The van der Waals surface area contributed by atoms with Gasteiger partial charge in [-0.2, -0.15) is 0 Å². The average molecular weight is 784 g/mol. The average Bonchev–Trinajstić information content (AvgIpc) is 3.63. The van der Waals surface area contributed by atoms with E-state index < -0.39 is 0 Å². The summed E-state index contributed by atoms with van der Waals surface area (Å²) >= 11 is 1.83. The van der Waals surface area contributed by atoms with Gasteiger partial charge < -0.3 is 0 Å².